The van der Waals surface area contributed by atoms with Crippen molar-refractivity contribution in [2.75, 3.05) is 5.32 Å². The van der Waals surface area contributed by atoms with E-state index in [1.165, 1.54) is 6.07 Å². The first-order chi connectivity index (χ1) is 9.77. The molecule has 0 bridgehead atoms. The van der Waals surface area contributed by atoms with Gasteiger partial charge in [-0.05, 0) is 35.2 Å². The van der Waals surface area contributed by atoms with Crippen LogP contribution in [0.3, 0.4) is 0 Å². The van der Waals surface area contributed by atoms with Crippen molar-refractivity contribution in [3.63, 3.8) is 0 Å². The summed E-state index contributed by atoms with van der Waals surface area (Å²) in [6, 6.07) is 4.72. The van der Waals surface area contributed by atoms with Gasteiger partial charge in [0.25, 0.3) is 0 Å². The van der Waals surface area contributed by atoms with Crippen molar-refractivity contribution in [2.45, 2.75) is 12.7 Å². The summed E-state index contributed by atoms with van der Waals surface area (Å²) in [7, 11) is 0. The van der Waals surface area contributed by atoms with Crippen molar-refractivity contribution in [3.8, 4) is 0 Å². The molecule has 0 saturated carbocycles. The first kappa shape index (κ1) is 15.7. The number of anilines is 1. The number of aromatic carboxylic acids is 1. The highest BCUT2D eigenvalue weighted by Gasteiger charge is 2.31. The zero-order valence-corrected chi connectivity index (χ0v) is 11.9. The summed E-state index contributed by atoms with van der Waals surface area (Å²) in [6.07, 6.45) is -4.49. The predicted molar refractivity (Wildman–Crippen MR) is 75.1 cm³/mol. The van der Waals surface area contributed by atoms with Crippen molar-refractivity contribution in [3.05, 3.63) is 50.7 Å². The summed E-state index contributed by atoms with van der Waals surface area (Å²) in [5.74, 6) is -1.07. The molecule has 1 aromatic heterocycles. The number of hydrogen-bond acceptors (Lipinski definition) is 3. The molecule has 21 heavy (non-hydrogen) atoms. The Labute approximate surface area is 127 Å². The maximum atomic E-state index is 12.7. The van der Waals surface area contributed by atoms with Crippen LogP contribution in [0.25, 0.3) is 0 Å². The fraction of sp³-hybridized carbons (Fsp3) is 0.154. The van der Waals surface area contributed by atoms with Crippen LogP contribution in [-0.2, 0) is 12.7 Å². The van der Waals surface area contributed by atoms with Gasteiger partial charge in [0, 0.05) is 17.3 Å². The maximum Gasteiger partial charge on any atom is 0.416 e. The lowest BCUT2D eigenvalue weighted by atomic mass is 10.2. The molecule has 0 aliphatic rings. The topological polar surface area (TPSA) is 49.3 Å². The summed E-state index contributed by atoms with van der Waals surface area (Å²) in [4.78, 5) is 11.1. The fourth-order valence-corrected chi connectivity index (χ4v) is 2.71. The normalized spacial score (nSPS) is 11.4. The molecule has 112 valence electrons. The summed E-state index contributed by atoms with van der Waals surface area (Å²) in [6.45, 7) is 0.1000. The Bertz CT molecular complexity index is 670. The number of carbonyl (C=O) groups is 1. The molecule has 0 fully saturated rings. The Morgan fingerprint density at radius 2 is 2.05 bits per heavy atom. The molecule has 0 aliphatic carbocycles. The van der Waals surface area contributed by atoms with Crippen LogP contribution in [0.4, 0.5) is 18.9 Å². The van der Waals surface area contributed by atoms with Gasteiger partial charge in [0.1, 0.15) is 4.88 Å². The molecule has 2 rings (SSSR count). The Morgan fingerprint density at radius 1 is 1.33 bits per heavy atom. The van der Waals surface area contributed by atoms with Crippen molar-refractivity contribution in [1.29, 1.82) is 0 Å². The molecule has 3 nitrogen and oxygen atoms in total. The minimum Gasteiger partial charge on any atom is -0.477 e. The van der Waals surface area contributed by atoms with Crippen LogP contribution in [0.15, 0.2) is 29.6 Å². The van der Waals surface area contributed by atoms with Gasteiger partial charge in [-0.2, -0.15) is 13.2 Å². The number of carboxylic acids is 1. The molecule has 0 amide bonds. The number of thiophene rings is 1. The van der Waals surface area contributed by atoms with Crippen molar-refractivity contribution < 1.29 is 23.1 Å². The minimum atomic E-state index is -4.49. The lowest BCUT2D eigenvalue weighted by molar-refractivity contribution is -0.137. The summed E-state index contributed by atoms with van der Waals surface area (Å²) in [5, 5.41) is 13.3. The van der Waals surface area contributed by atoms with Gasteiger partial charge in [-0.3, -0.25) is 0 Å². The second kappa shape index (κ2) is 5.95. The number of benzene rings is 1. The van der Waals surface area contributed by atoms with Crippen LogP contribution >= 0.6 is 22.9 Å². The molecule has 1 aromatic carbocycles. The first-order valence-corrected chi connectivity index (χ1v) is 6.94. The van der Waals surface area contributed by atoms with E-state index < -0.39 is 17.7 Å². The van der Waals surface area contributed by atoms with E-state index in [-0.39, 0.29) is 22.1 Å². The van der Waals surface area contributed by atoms with E-state index in [9.17, 15) is 18.0 Å². The monoisotopic (exact) mass is 335 g/mol. The van der Waals surface area contributed by atoms with E-state index in [2.05, 4.69) is 5.32 Å². The molecule has 2 aromatic rings. The molecule has 1 heterocycles. The fourth-order valence-electron chi connectivity index (χ4n) is 1.72. The van der Waals surface area contributed by atoms with Gasteiger partial charge in [-0.15, -0.1) is 11.3 Å². The average molecular weight is 336 g/mol. The van der Waals surface area contributed by atoms with E-state index in [0.29, 0.717) is 5.56 Å². The summed E-state index contributed by atoms with van der Waals surface area (Å²) in [5.41, 5.74) is -0.181. The van der Waals surface area contributed by atoms with Gasteiger partial charge in [0.05, 0.1) is 5.56 Å². The number of carboxylic acid groups (broad SMARTS) is 1. The van der Waals surface area contributed by atoms with E-state index >= 15 is 0 Å². The number of hydrogen-bond donors (Lipinski definition) is 2. The summed E-state index contributed by atoms with van der Waals surface area (Å²) >= 11 is 6.72. The third-order valence-corrected chi connectivity index (χ3v) is 3.81. The van der Waals surface area contributed by atoms with Gasteiger partial charge in [0.15, 0.2) is 0 Å². The lowest BCUT2D eigenvalue weighted by Gasteiger charge is -2.11. The van der Waals surface area contributed by atoms with E-state index in [0.717, 1.165) is 23.5 Å². The number of nitrogens with one attached hydrogen (secondary N) is 1. The predicted octanol–water partition coefficient (Wildman–Crippen LogP) is 4.73. The maximum absolute atomic E-state index is 12.7. The molecule has 0 saturated heterocycles. The Balaban J connectivity index is 2.19. The van der Waals surface area contributed by atoms with Crippen molar-refractivity contribution in [2.24, 2.45) is 0 Å². The van der Waals surface area contributed by atoms with E-state index in [4.69, 9.17) is 16.7 Å². The highest BCUT2D eigenvalue weighted by Crippen LogP contribution is 2.33. The van der Waals surface area contributed by atoms with E-state index in [1.54, 1.807) is 11.4 Å². The number of halogens is 4. The van der Waals surface area contributed by atoms with Gasteiger partial charge >= 0.3 is 12.1 Å². The zero-order chi connectivity index (χ0) is 15.6. The molecule has 2 N–H and O–H groups in total. The Hall–Kier alpha value is -1.73. The molecule has 0 unspecified atom stereocenters. The molecule has 0 spiro atoms. The highest BCUT2D eigenvalue weighted by atomic mass is 35.5. The second-order valence-corrected chi connectivity index (χ2v) is 5.51. The summed E-state index contributed by atoms with van der Waals surface area (Å²) < 4.78 is 38.0. The number of rotatable bonds is 4. The van der Waals surface area contributed by atoms with Gasteiger partial charge in [-0.1, -0.05) is 11.6 Å². The van der Waals surface area contributed by atoms with Gasteiger partial charge < -0.3 is 10.4 Å². The lowest BCUT2D eigenvalue weighted by Crippen LogP contribution is -2.07. The Morgan fingerprint density at radius 3 is 2.67 bits per heavy atom. The molecular weight excluding hydrogens is 327 g/mol. The standard InChI is InChI=1S/C13H9ClF3NO2S/c14-9-3-8(13(15,16)17)4-10(5-9)18-6-7-1-2-21-11(7)12(19)20/h1-5,18H,6H2,(H,19,20). The van der Waals surface area contributed by atoms with Crippen LogP contribution in [0.5, 0.6) is 0 Å². The van der Waals surface area contributed by atoms with Crippen LogP contribution < -0.4 is 5.32 Å². The number of alkyl halides is 3. The van der Waals surface area contributed by atoms with Gasteiger partial charge in [-0.25, -0.2) is 4.79 Å². The van der Waals surface area contributed by atoms with Crippen molar-refractivity contribution >= 4 is 34.6 Å². The molecular formula is C13H9ClF3NO2S. The third-order valence-electron chi connectivity index (χ3n) is 2.65. The SMILES string of the molecule is O=C(O)c1sccc1CNc1cc(Cl)cc(C(F)(F)F)c1. The van der Waals surface area contributed by atoms with Crippen LogP contribution in [0, 0.1) is 0 Å². The molecule has 8 heteroatoms. The molecule has 0 aliphatic heterocycles. The quantitative estimate of drug-likeness (QED) is 0.849. The largest absolute Gasteiger partial charge is 0.477 e. The highest BCUT2D eigenvalue weighted by molar-refractivity contribution is 7.12. The zero-order valence-electron chi connectivity index (χ0n) is 10.4. The first-order valence-electron chi connectivity index (χ1n) is 5.68. The smallest absolute Gasteiger partial charge is 0.416 e. The average Bonchev–Trinajstić information content (AvgIpc) is 2.83. The third kappa shape index (κ3) is 3.89. The van der Waals surface area contributed by atoms with Gasteiger partial charge in [0.2, 0.25) is 0 Å². The van der Waals surface area contributed by atoms with Crippen molar-refractivity contribution in [1.82, 2.24) is 0 Å². The Kier molecular flexibility index (Phi) is 4.43. The minimum absolute atomic E-state index is 0.0453. The second-order valence-electron chi connectivity index (χ2n) is 4.16. The van der Waals surface area contributed by atoms with Crippen LogP contribution in [-0.4, -0.2) is 11.1 Å². The van der Waals surface area contributed by atoms with Crippen LogP contribution in [0.1, 0.15) is 20.8 Å². The van der Waals surface area contributed by atoms with E-state index in [1.807, 2.05) is 0 Å². The molecule has 0 radical (unpaired) electrons. The van der Waals surface area contributed by atoms with Crippen LogP contribution in [0.2, 0.25) is 5.02 Å². The molecule has 0 atom stereocenters.